The van der Waals surface area contributed by atoms with Crippen LogP contribution in [-0.4, -0.2) is 211 Å². The molecule has 0 aromatic heterocycles. The quantitative estimate of drug-likeness (QED) is 0.168. The summed E-state index contributed by atoms with van der Waals surface area (Å²) in [5, 5.41) is 0. The molecule has 14 saturated heterocycles. The van der Waals surface area contributed by atoms with Crippen LogP contribution in [-0.2, 0) is 0 Å². The molecule has 0 aliphatic carbocycles. The van der Waals surface area contributed by atoms with Gasteiger partial charge in [-0.1, -0.05) is 48.5 Å². The Balaban J connectivity index is 0.000000559. The minimum absolute atomic E-state index is 0. The van der Waals surface area contributed by atoms with Crippen molar-refractivity contribution in [3.8, 4) is 0 Å². The first-order valence-corrected chi connectivity index (χ1v) is 42.2. The van der Waals surface area contributed by atoms with E-state index in [0.29, 0.717) is 0 Å². The Morgan fingerprint density at radius 3 is 0.876 bits per heavy atom. The smallest absolute Gasteiger partial charge is 0.0894 e. The summed E-state index contributed by atoms with van der Waals surface area (Å²) >= 11 is 0. The Kier molecular flexibility index (Phi) is 43.6. The van der Waals surface area contributed by atoms with Gasteiger partial charge in [-0.05, 0) is 222 Å². The second-order valence-electron chi connectivity index (χ2n) is 37.1. The highest BCUT2D eigenvalue weighted by Gasteiger charge is 2.54. The van der Waals surface area contributed by atoms with Crippen LogP contribution in [0.4, 0.5) is 0 Å². The SMILES string of the molecule is CC1C(C)C(C)[N+]2(CCCCC2)C1C.CC1CC(C)[N+]2(CCCCCC2)C1.CC1CCC(C)[N+]12CCCCCC2.CC1CCC[N+]12CCCCCC2.CC1CC[N+]2(CCCCCC2)C1.CC1CC[N+]2(CCCCCC2)C1C.CC1C[N+]2(CCCCCC2)CC1C.[CH3-].[CH3-].[CH3-].[CH3-].[CH3-].[CH3-].[CH3-]. The molecule has 7 heteroatoms. The van der Waals surface area contributed by atoms with Crippen molar-refractivity contribution in [1.82, 2.24) is 0 Å². The number of nitrogens with zero attached hydrogens (tertiary/aromatic N) is 7. The van der Waals surface area contributed by atoms with Gasteiger partial charge in [0.2, 0.25) is 0 Å². The van der Waals surface area contributed by atoms with Gasteiger partial charge in [-0.3, -0.25) is 0 Å². The molecule has 0 N–H and O–H groups in total. The zero-order chi connectivity index (χ0) is 64.5. The molecule has 0 saturated carbocycles. The van der Waals surface area contributed by atoms with Gasteiger partial charge in [0.1, 0.15) is 0 Å². The van der Waals surface area contributed by atoms with Crippen LogP contribution in [0.25, 0.3) is 0 Å². The van der Waals surface area contributed by atoms with E-state index in [-0.39, 0.29) is 52.0 Å². The molecule has 14 atom stereocenters. The molecule has 7 spiro atoms. The molecule has 0 aromatic carbocycles. The van der Waals surface area contributed by atoms with Crippen molar-refractivity contribution in [3.63, 3.8) is 0 Å². The maximum absolute atomic E-state index is 2.50. The van der Waals surface area contributed by atoms with Gasteiger partial charge >= 0.3 is 0 Å². The highest BCUT2D eigenvalue weighted by molar-refractivity contribution is 4.85. The number of rotatable bonds is 0. The van der Waals surface area contributed by atoms with Crippen molar-refractivity contribution in [3.05, 3.63) is 52.0 Å². The molecule has 14 unspecified atom stereocenters. The van der Waals surface area contributed by atoms with Crippen LogP contribution in [0, 0.1) is 93.4 Å². The average molecular weight is 1370 g/mol. The number of hydrogen-bond donors (Lipinski definition) is 0. The van der Waals surface area contributed by atoms with Crippen molar-refractivity contribution in [2.24, 2.45) is 41.4 Å². The molecular formula is C90H187N7. The number of quaternary nitrogens is 7. The average Bonchev–Trinajstić information content (AvgIpc) is 1.61. The van der Waals surface area contributed by atoms with Gasteiger partial charge in [-0.15, -0.1) is 0 Å². The second kappa shape index (κ2) is 44.6. The lowest BCUT2D eigenvalue weighted by molar-refractivity contribution is -0.964. The predicted molar refractivity (Wildman–Crippen MR) is 436 cm³/mol. The molecule has 0 bridgehead atoms. The largest absolute Gasteiger partial charge is 0.358 e. The van der Waals surface area contributed by atoms with Crippen molar-refractivity contribution in [2.45, 2.75) is 358 Å². The zero-order valence-electron chi connectivity index (χ0n) is 71.1. The van der Waals surface area contributed by atoms with Crippen LogP contribution >= 0.6 is 0 Å². The molecule has 0 amide bonds. The normalized spacial score (nSPS) is 36.6. The van der Waals surface area contributed by atoms with E-state index >= 15 is 0 Å². The van der Waals surface area contributed by atoms with Crippen molar-refractivity contribution in [1.29, 1.82) is 0 Å². The molecule has 0 aromatic rings. The summed E-state index contributed by atoms with van der Waals surface area (Å²) < 4.78 is 10.3. The van der Waals surface area contributed by atoms with E-state index in [9.17, 15) is 0 Å². The lowest BCUT2D eigenvalue weighted by Crippen LogP contribution is -2.58. The van der Waals surface area contributed by atoms with E-state index in [2.05, 4.69) is 96.9 Å². The van der Waals surface area contributed by atoms with Crippen LogP contribution in [0.2, 0.25) is 0 Å². The van der Waals surface area contributed by atoms with Gasteiger partial charge in [0.25, 0.3) is 0 Å². The van der Waals surface area contributed by atoms with Gasteiger partial charge in [0.15, 0.2) is 0 Å². The van der Waals surface area contributed by atoms with Crippen LogP contribution in [0.5, 0.6) is 0 Å². The van der Waals surface area contributed by atoms with E-state index in [1.165, 1.54) is 387 Å². The van der Waals surface area contributed by atoms with Gasteiger partial charge in [0.05, 0.1) is 180 Å². The lowest BCUT2D eigenvalue weighted by atomic mass is 9.92. The van der Waals surface area contributed by atoms with Crippen LogP contribution in [0.15, 0.2) is 0 Å². The summed E-state index contributed by atoms with van der Waals surface area (Å²) in [6, 6.07) is 6.58. The monoisotopic (exact) mass is 1370 g/mol. The molecule has 14 rings (SSSR count). The first kappa shape index (κ1) is 94.7. The molecular weight excluding hydrogens is 1180 g/mol. The first-order valence-electron chi connectivity index (χ1n) is 42.2. The Labute approximate surface area is 616 Å². The Morgan fingerprint density at radius 2 is 0.536 bits per heavy atom. The first-order chi connectivity index (χ1) is 43.2. The maximum Gasteiger partial charge on any atom is 0.0894 e. The fourth-order valence-corrected chi connectivity index (χ4v) is 24.4. The maximum atomic E-state index is 2.50. The van der Waals surface area contributed by atoms with E-state index in [1.807, 2.05) is 0 Å². The standard InChI is InChI=1S/C13H26N.4C12H24N.2C11H22N.7CH3/c1-10-11(2)13(4)14(12(10)3)8-6-5-7-9-14;1-11-7-8-12(2)13(11)9-5-3-4-6-10-13;1-11-7-10-13(12(11)2)8-5-3-4-6-9-13;1-11-9-13(10-12(11)2)7-5-3-4-6-8-13;1-11-9-12(2)13(10-11)7-5-3-4-6-8-13;1-11-7-6-10-12(11)8-4-2-3-5-9-12;1-11-6-9-12(10-11)7-4-2-3-5-8-12;;;;;;;/h10-13H,5-9H2,1-4H3;4*11-12H,3-10H2,1-2H3;2*11H,2-10H2,1H3;7*1H3/q7*+1;7*-1. The van der Waals surface area contributed by atoms with E-state index in [0.717, 1.165) is 83.7 Å². The minimum atomic E-state index is 0. The Bertz CT molecular complexity index is 1890. The van der Waals surface area contributed by atoms with Crippen LogP contribution < -0.4 is 0 Å². The fourth-order valence-electron chi connectivity index (χ4n) is 24.4. The molecule has 7 nitrogen and oxygen atoms in total. The molecule has 14 aliphatic rings. The second-order valence-corrected chi connectivity index (χ2v) is 37.1. The summed E-state index contributed by atoms with van der Waals surface area (Å²) in [6.45, 7) is 65.6. The molecule has 582 valence electrons. The van der Waals surface area contributed by atoms with Crippen LogP contribution in [0.3, 0.4) is 0 Å². The predicted octanol–water partition coefficient (Wildman–Crippen LogP) is 22.4. The van der Waals surface area contributed by atoms with Gasteiger partial charge in [0, 0.05) is 86.4 Å². The molecule has 0 radical (unpaired) electrons. The summed E-state index contributed by atoms with van der Waals surface area (Å²) in [5.74, 6) is 6.73. The zero-order valence-corrected chi connectivity index (χ0v) is 71.1. The fraction of sp³-hybridized carbons (Fsp3) is 0.922. The number of piperidine rings is 1. The Hall–Kier alpha value is -0.280. The van der Waals surface area contributed by atoms with Gasteiger partial charge in [-0.2, -0.15) is 0 Å². The minimum Gasteiger partial charge on any atom is -0.358 e. The molecule has 14 heterocycles. The van der Waals surface area contributed by atoms with E-state index < -0.39 is 0 Å². The summed E-state index contributed by atoms with van der Waals surface area (Å²) in [7, 11) is 0. The van der Waals surface area contributed by atoms with Crippen LogP contribution in [0.1, 0.15) is 315 Å². The third kappa shape index (κ3) is 24.4. The highest BCUT2D eigenvalue weighted by Crippen LogP contribution is 2.44. The third-order valence-corrected chi connectivity index (χ3v) is 31.5. The third-order valence-electron chi connectivity index (χ3n) is 31.5. The summed E-state index contributed by atoms with van der Waals surface area (Å²) in [4.78, 5) is 0. The molecule has 14 fully saturated rings. The topological polar surface area (TPSA) is 0 Å². The lowest BCUT2D eigenvalue weighted by Gasteiger charge is -2.46. The Morgan fingerprint density at radius 1 is 0.196 bits per heavy atom. The van der Waals surface area contributed by atoms with Gasteiger partial charge in [-0.25, -0.2) is 0 Å². The van der Waals surface area contributed by atoms with E-state index in [4.69, 9.17) is 0 Å². The molecule has 14 aliphatic heterocycles. The van der Waals surface area contributed by atoms with E-state index in [1.54, 1.807) is 0 Å². The van der Waals surface area contributed by atoms with Gasteiger partial charge < -0.3 is 83.4 Å². The highest BCUT2D eigenvalue weighted by atomic mass is 15.4. The number of hydrogen-bond acceptors (Lipinski definition) is 0. The summed E-state index contributed by atoms with van der Waals surface area (Å²) in [6.07, 6.45) is 50.5. The van der Waals surface area contributed by atoms with Crippen molar-refractivity contribution >= 4 is 0 Å². The van der Waals surface area contributed by atoms with Crippen molar-refractivity contribution in [2.75, 3.05) is 137 Å². The summed E-state index contributed by atoms with van der Waals surface area (Å²) in [5.41, 5.74) is 0. The molecule has 97 heavy (non-hydrogen) atoms. The van der Waals surface area contributed by atoms with Crippen molar-refractivity contribution < 1.29 is 31.4 Å².